The minimum absolute atomic E-state index is 0.0394. The van der Waals surface area contributed by atoms with Crippen LogP contribution in [0.1, 0.15) is 6.92 Å². The van der Waals surface area contributed by atoms with Crippen LogP contribution in [0.15, 0.2) is 0 Å². The quantitative estimate of drug-likeness (QED) is 0.586. The first-order valence-corrected chi connectivity index (χ1v) is 2.94. The fourth-order valence-electron chi connectivity index (χ4n) is 1.15. The zero-order valence-electron chi connectivity index (χ0n) is 5.50. The molecule has 0 bridgehead atoms. The second kappa shape index (κ2) is 1.99. The van der Waals surface area contributed by atoms with Gasteiger partial charge < -0.3 is 9.84 Å². The molecule has 3 heteroatoms. The number of hydrogen-bond donors (Lipinski definition) is 1. The predicted molar refractivity (Wildman–Crippen MR) is 31.1 cm³/mol. The first-order chi connectivity index (χ1) is 4.18. The van der Waals surface area contributed by atoms with Crippen LogP contribution < -0.4 is 0 Å². The highest BCUT2D eigenvalue weighted by molar-refractivity contribution is 5.74. The van der Waals surface area contributed by atoms with Gasteiger partial charge in [0.25, 0.3) is 0 Å². The molecule has 3 unspecified atom stereocenters. The summed E-state index contributed by atoms with van der Waals surface area (Å²) in [5, 5.41) is 8.45. The first kappa shape index (κ1) is 6.55. The van der Waals surface area contributed by atoms with Crippen molar-refractivity contribution in [2.45, 2.75) is 13.0 Å². The number of carboxylic acids is 1. The van der Waals surface area contributed by atoms with Gasteiger partial charge >= 0.3 is 5.97 Å². The molecule has 3 nitrogen and oxygen atoms in total. The predicted octanol–water partition coefficient (Wildman–Crippen LogP) is 0.352. The average molecular weight is 130 g/mol. The second-order valence-electron chi connectivity index (χ2n) is 2.42. The Morgan fingerprint density at radius 1 is 1.67 bits per heavy atom. The van der Waals surface area contributed by atoms with Crippen LogP contribution in [-0.2, 0) is 9.53 Å². The van der Waals surface area contributed by atoms with Gasteiger partial charge in [-0.15, -0.1) is 0 Å². The van der Waals surface area contributed by atoms with Crippen molar-refractivity contribution < 1.29 is 14.6 Å². The van der Waals surface area contributed by atoms with E-state index < -0.39 is 5.97 Å². The van der Waals surface area contributed by atoms with Gasteiger partial charge in [-0.05, 0) is 5.92 Å². The van der Waals surface area contributed by atoms with Crippen molar-refractivity contribution in [1.29, 1.82) is 0 Å². The summed E-state index contributed by atoms with van der Waals surface area (Å²) in [5.74, 6) is -0.795. The third-order valence-corrected chi connectivity index (χ3v) is 1.86. The van der Waals surface area contributed by atoms with Gasteiger partial charge in [-0.1, -0.05) is 6.92 Å². The number of aliphatic carboxylic acids is 1. The highest BCUT2D eigenvalue weighted by atomic mass is 16.5. The van der Waals surface area contributed by atoms with Crippen LogP contribution in [0.3, 0.4) is 0 Å². The smallest absolute Gasteiger partial charge is 0.309 e. The molecular formula is C6H10O3. The standard InChI is InChI=1S/C6H10O3/c1-3-4(6(7)8)5(3)9-2/h3-5H,1-2H3,(H,7,8). The van der Waals surface area contributed by atoms with E-state index in [2.05, 4.69) is 0 Å². The monoisotopic (exact) mass is 130 g/mol. The van der Waals surface area contributed by atoms with Crippen molar-refractivity contribution in [3.05, 3.63) is 0 Å². The van der Waals surface area contributed by atoms with Crippen LogP contribution in [0.4, 0.5) is 0 Å². The maximum atomic E-state index is 10.3. The summed E-state index contributed by atoms with van der Waals surface area (Å²) >= 11 is 0. The van der Waals surface area contributed by atoms with E-state index >= 15 is 0 Å². The van der Waals surface area contributed by atoms with Crippen molar-refractivity contribution in [3.8, 4) is 0 Å². The summed E-state index contributed by atoms with van der Waals surface area (Å²) in [6, 6.07) is 0. The molecule has 1 aliphatic rings. The van der Waals surface area contributed by atoms with Gasteiger partial charge in [0.2, 0.25) is 0 Å². The van der Waals surface area contributed by atoms with Crippen molar-refractivity contribution in [2.24, 2.45) is 11.8 Å². The molecule has 52 valence electrons. The lowest BCUT2D eigenvalue weighted by atomic mass is 10.3. The molecule has 0 aromatic rings. The Morgan fingerprint density at radius 3 is 2.33 bits per heavy atom. The molecule has 3 atom stereocenters. The van der Waals surface area contributed by atoms with Crippen molar-refractivity contribution in [2.75, 3.05) is 7.11 Å². The van der Waals surface area contributed by atoms with Gasteiger partial charge in [0.1, 0.15) is 0 Å². The minimum atomic E-state index is -0.741. The van der Waals surface area contributed by atoms with E-state index in [0.29, 0.717) is 0 Å². The van der Waals surface area contributed by atoms with E-state index in [1.165, 1.54) is 0 Å². The Kier molecular flexibility index (Phi) is 1.45. The Labute approximate surface area is 53.6 Å². The van der Waals surface area contributed by atoms with E-state index in [0.717, 1.165) is 0 Å². The molecule has 0 amide bonds. The molecule has 1 rings (SSSR count). The SMILES string of the molecule is COC1C(C)C1C(=O)O. The summed E-state index contributed by atoms with van der Waals surface area (Å²) in [5.41, 5.74) is 0. The molecule has 0 saturated heterocycles. The number of ether oxygens (including phenoxy) is 1. The lowest BCUT2D eigenvalue weighted by Gasteiger charge is -1.88. The molecular weight excluding hydrogens is 120 g/mol. The Morgan fingerprint density at radius 2 is 2.22 bits per heavy atom. The van der Waals surface area contributed by atoms with Crippen LogP contribution >= 0.6 is 0 Å². The number of carboxylic acid groups (broad SMARTS) is 1. The largest absolute Gasteiger partial charge is 0.481 e. The summed E-state index contributed by atoms with van der Waals surface area (Å²) < 4.78 is 4.87. The van der Waals surface area contributed by atoms with Crippen LogP contribution in [0.25, 0.3) is 0 Å². The van der Waals surface area contributed by atoms with Gasteiger partial charge in [0.05, 0.1) is 12.0 Å². The topological polar surface area (TPSA) is 46.5 Å². The summed E-state index contributed by atoms with van der Waals surface area (Å²) in [6.45, 7) is 1.88. The Hall–Kier alpha value is -0.570. The molecule has 0 aromatic carbocycles. The van der Waals surface area contributed by atoms with Crippen molar-refractivity contribution in [3.63, 3.8) is 0 Å². The number of rotatable bonds is 2. The Bertz CT molecular complexity index is 132. The Balaban J connectivity index is 2.42. The van der Waals surface area contributed by atoms with Crippen LogP contribution in [0, 0.1) is 11.8 Å². The highest BCUT2D eigenvalue weighted by Gasteiger charge is 2.52. The highest BCUT2D eigenvalue weighted by Crippen LogP contribution is 2.40. The summed E-state index contributed by atoms with van der Waals surface area (Å²) in [4.78, 5) is 10.3. The molecule has 0 aromatic heterocycles. The lowest BCUT2D eigenvalue weighted by molar-refractivity contribution is -0.139. The fraction of sp³-hybridized carbons (Fsp3) is 0.833. The molecule has 0 radical (unpaired) electrons. The van der Waals surface area contributed by atoms with Crippen molar-refractivity contribution in [1.82, 2.24) is 0 Å². The minimum Gasteiger partial charge on any atom is -0.481 e. The zero-order valence-corrected chi connectivity index (χ0v) is 5.50. The normalized spacial score (nSPS) is 40.4. The molecule has 1 fully saturated rings. The molecule has 0 heterocycles. The summed E-state index contributed by atoms with van der Waals surface area (Å²) in [6.07, 6.45) is -0.0394. The molecule has 0 spiro atoms. The van der Waals surface area contributed by atoms with Gasteiger partial charge in [-0.2, -0.15) is 0 Å². The van der Waals surface area contributed by atoms with E-state index in [1.54, 1.807) is 7.11 Å². The van der Waals surface area contributed by atoms with Crippen LogP contribution in [-0.4, -0.2) is 24.3 Å². The third-order valence-electron chi connectivity index (χ3n) is 1.86. The third kappa shape index (κ3) is 0.920. The number of methoxy groups -OCH3 is 1. The number of hydrogen-bond acceptors (Lipinski definition) is 2. The van der Waals surface area contributed by atoms with Gasteiger partial charge in [-0.25, -0.2) is 0 Å². The van der Waals surface area contributed by atoms with Crippen molar-refractivity contribution >= 4 is 5.97 Å². The van der Waals surface area contributed by atoms with Gasteiger partial charge in [0.15, 0.2) is 0 Å². The lowest BCUT2D eigenvalue weighted by Crippen LogP contribution is -2.02. The molecule has 1 saturated carbocycles. The molecule has 9 heavy (non-hydrogen) atoms. The van der Waals surface area contributed by atoms with Crippen LogP contribution in [0.5, 0.6) is 0 Å². The zero-order chi connectivity index (χ0) is 7.02. The van der Waals surface area contributed by atoms with Gasteiger partial charge in [-0.3, -0.25) is 4.79 Å². The first-order valence-electron chi connectivity index (χ1n) is 2.94. The van der Waals surface area contributed by atoms with E-state index in [9.17, 15) is 4.79 Å². The fourth-order valence-corrected chi connectivity index (χ4v) is 1.15. The summed E-state index contributed by atoms with van der Waals surface area (Å²) in [7, 11) is 1.55. The second-order valence-corrected chi connectivity index (χ2v) is 2.42. The van der Waals surface area contributed by atoms with E-state index in [4.69, 9.17) is 9.84 Å². The van der Waals surface area contributed by atoms with Gasteiger partial charge in [0, 0.05) is 7.11 Å². The van der Waals surface area contributed by atoms with E-state index in [1.807, 2.05) is 6.92 Å². The maximum absolute atomic E-state index is 10.3. The van der Waals surface area contributed by atoms with Crippen LogP contribution in [0.2, 0.25) is 0 Å². The molecule has 1 aliphatic carbocycles. The average Bonchev–Trinajstić information content (AvgIpc) is 2.40. The molecule has 1 N–H and O–H groups in total. The maximum Gasteiger partial charge on any atom is 0.309 e. The molecule has 0 aliphatic heterocycles. The number of carbonyl (C=O) groups is 1. The van der Waals surface area contributed by atoms with E-state index in [-0.39, 0.29) is 17.9 Å².